The molecule has 4 atom stereocenters. The SMILES string of the molecule is CN(C)c1cc(CCC(=O)Oc2ccc(F)cc2)c(O)c2c1C[C@H]1C[C@H]3[C@H](N(C)C)C(=O)C(C(N)=O)=C(O)[C@@]3(O)C(=O)C1=C2O. The second-order valence-corrected chi connectivity index (χ2v) is 12.0. The number of phenols is 1. The minimum absolute atomic E-state index is 0.0237. The number of anilines is 1. The van der Waals surface area contributed by atoms with E-state index in [-0.39, 0.29) is 48.1 Å². The average Bonchev–Trinajstić information content (AvgIpc) is 2.95. The second kappa shape index (κ2) is 11.3. The Bertz CT molecular complexity index is 1700. The molecule has 6 N–H and O–H groups in total. The van der Waals surface area contributed by atoms with Crippen LogP contribution < -0.4 is 15.4 Å². The van der Waals surface area contributed by atoms with Crippen LogP contribution in [0.2, 0.25) is 0 Å². The van der Waals surface area contributed by atoms with Gasteiger partial charge in [-0.15, -0.1) is 0 Å². The third kappa shape index (κ3) is 5.01. The number of rotatable bonds is 7. The third-order valence-corrected chi connectivity index (χ3v) is 8.90. The maximum absolute atomic E-state index is 14.1. The van der Waals surface area contributed by atoms with Gasteiger partial charge in [0.1, 0.15) is 34.4 Å². The number of esters is 1. The van der Waals surface area contributed by atoms with E-state index in [9.17, 15) is 44.0 Å². The smallest absolute Gasteiger partial charge is 0.311 e. The maximum atomic E-state index is 14.1. The Hall–Kier alpha value is -4.75. The third-order valence-electron chi connectivity index (χ3n) is 8.90. The first-order chi connectivity index (χ1) is 21.1. The number of ketones is 2. The van der Waals surface area contributed by atoms with E-state index >= 15 is 0 Å². The van der Waals surface area contributed by atoms with Gasteiger partial charge in [-0.05, 0) is 80.7 Å². The van der Waals surface area contributed by atoms with Crippen LogP contribution in [0.15, 0.2) is 47.2 Å². The van der Waals surface area contributed by atoms with Gasteiger partial charge in [-0.25, -0.2) is 4.39 Å². The molecule has 0 spiro atoms. The predicted molar refractivity (Wildman–Crippen MR) is 159 cm³/mol. The van der Waals surface area contributed by atoms with Crippen molar-refractivity contribution in [2.75, 3.05) is 33.1 Å². The van der Waals surface area contributed by atoms with Crippen molar-refractivity contribution in [2.24, 2.45) is 17.6 Å². The molecule has 0 aromatic heterocycles. The topological polar surface area (TPSA) is 191 Å². The largest absolute Gasteiger partial charge is 0.508 e. The molecular formula is C32H34FN3O9. The van der Waals surface area contributed by atoms with Crippen molar-refractivity contribution in [3.63, 3.8) is 0 Å². The number of carbonyl (C=O) groups is 4. The molecule has 0 bridgehead atoms. The number of aliphatic hydroxyl groups excluding tert-OH is 2. The summed E-state index contributed by atoms with van der Waals surface area (Å²) in [5.74, 6) is -8.32. The summed E-state index contributed by atoms with van der Waals surface area (Å²) < 4.78 is 18.4. The first-order valence-corrected chi connectivity index (χ1v) is 14.3. The van der Waals surface area contributed by atoms with Crippen LogP contribution in [0.5, 0.6) is 11.5 Å². The van der Waals surface area contributed by atoms with E-state index < -0.39 is 75.6 Å². The molecule has 1 amide bonds. The number of fused-ring (bicyclic) bond motifs is 3. The van der Waals surface area contributed by atoms with Crippen molar-refractivity contribution in [1.29, 1.82) is 0 Å². The molecule has 3 aliphatic rings. The first kappa shape index (κ1) is 31.7. The molecule has 238 valence electrons. The van der Waals surface area contributed by atoms with E-state index in [1.54, 1.807) is 25.1 Å². The average molecular weight is 624 g/mol. The molecule has 1 fully saturated rings. The Labute approximate surface area is 257 Å². The molecule has 0 aliphatic heterocycles. The lowest BCUT2D eigenvalue weighted by atomic mass is 9.57. The number of nitrogens with two attached hydrogens (primary N) is 1. The molecule has 0 unspecified atom stereocenters. The molecule has 3 aliphatic carbocycles. The van der Waals surface area contributed by atoms with Crippen LogP contribution in [0.4, 0.5) is 10.1 Å². The normalized spacial score (nSPS) is 24.3. The number of hydrogen-bond acceptors (Lipinski definition) is 11. The number of nitrogens with zero attached hydrogens (tertiary/aromatic N) is 2. The monoisotopic (exact) mass is 623 g/mol. The summed E-state index contributed by atoms with van der Waals surface area (Å²) in [6.45, 7) is 0. The molecule has 0 saturated heterocycles. The van der Waals surface area contributed by atoms with Crippen LogP contribution in [-0.2, 0) is 32.0 Å². The highest BCUT2D eigenvalue weighted by atomic mass is 19.1. The van der Waals surface area contributed by atoms with E-state index in [2.05, 4.69) is 0 Å². The van der Waals surface area contributed by atoms with Crippen molar-refractivity contribution in [1.82, 2.24) is 4.90 Å². The molecule has 45 heavy (non-hydrogen) atoms. The molecule has 1 saturated carbocycles. The number of carbonyl (C=O) groups excluding carboxylic acids is 4. The van der Waals surface area contributed by atoms with Crippen LogP contribution in [-0.4, -0.2) is 88.6 Å². The number of hydrogen-bond donors (Lipinski definition) is 5. The summed E-state index contributed by atoms with van der Waals surface area (Å²) in [6, 6.07) is 5.38. The van der Waals surface area contributed by atoms with Crippen molar-refractivity contribution in [3.8, 4) is 11.5 Å². The summed E-state index contributed by atoms with van der Waals surface area (Å²) in [5, 5.41) is 45.8. The number of benzene rings is 2. The Morgan fingerprint density at radius 1 is 1.09 bits per heavy atom. The van der Waals surface area contributed by atoms with Gasteiger partial charge in [-0.1, -0.05) is 0 Å². The van der Waals surface area contributed by atoms with E-state index in [0.29, 0.717) is 11.3 Å². The Kier molecular flexibility index (Phi) is 7.96. The van der Waals surface area contributed by atoms with E-state index in [4.69, 9.17) is 10.5 Å². The molecule has 13 heteroatoms. The maximum Gasteiger partial charge on any atom is 0.311 e. The Balaban J connectivity index is 1.57. The number of halogens is 1. The number of amides is 1. The van der Waals surface area contributed by atoms with Gasteiger partial charge in [0.25, 0.3) is 5.91 Å². The zero-order chi connectivity index (χ0) is 33.1. The molecule has 5 rings (SSSR count). The minimum atomic E-state index is -2.74. The summed E-state index contributed by atoms with van der Waals surface area (Å²) in [7, 11) is 6.56. The van der Waals surface area contributed by atoms with Crippen LogP contribution >= 0.6 is 0 Å². The number of aromatic hydroxyl groups is 1. The lowest BCUT2D eigenvalue weighted by molar-refractivity contribution is -0.153. The van der Waals surface area contributed by atoms with Crippen LogP contribution in [0, 0.1) is 17.7 Å². The fourth-order valence-corrected chi connectivity index (χ4v) is 6.86. The Morgan fingerprint density at radius 2 is 1.73 bits per heavy atom. The van der Waals surface area contributed by atoms with E-state index in [1.807, 2.05) is 0 Å². The number of aryl methyl sites for hydroxylation is 1. The number of primary amides is 1. The van der Waals surface area contributed by atoms with Crippen molar-refractivity contribution in [2.45, 2.75) is 37.3 Å². The molecule has 2 aromatic rings. The summed E-state index contributed by atoms with van der Waals surface area (Å²) in [6.07, 6.45) is -0.117. The number of ether oxygens (including phenoxy) is 1. The van der Waals surface area contributed by atoms with Gasteiger partial charge in [-0.3, -0.25) is 24.1 Å². The highest BCUT2D eigenvalue weighted by molar-refractivity contribution is 6.24. The van der Waals surface area contributed by atoms with Crippen LogP contribution in [0.25, 0.3) is 5.76 Å². The zero-order valence-corrected chi connectivity index (χ0v) is 25.1. The fourth-order valence-electron chi connectivity index (χ4n) is 6.86. The number of aliphatic hydroxyl groups is 3. The molecule has 12 nitrogen and oxygen atoms in total. The van der Waals surface area contributed by atoms with Gasteiger partial charge < -0.3 is 35.8 Å². The van der Waals surface area contributed by atoms with Crippen molar-refractivity contribution in [3.05, 3.63) is 69.7 Å². The fraction of sp³-hybridized carbons (Fsp3) is 0.375. The van der Waals surface area contributed by atoms with Crippen LogP contribution in [0.3, 0.4) is 0 Å². The quantitative estimate of drug-likeness (QED) is 0.171. The van der Waals surface area contributed by atoms with Gasteiger partial charge in [0.15, 0.2) is 11.4 Å². The number of Topliss-reactive ketones (excluding diaryl/α,β-unsaturated/α-hetero) is 2. The van der Waals surface area contributed by atoms with E-state index in [0.717, 1.165) is 12.1 Å². The van der Waals surface area contributed by atoms with Crippen LogP contribution in [0.1, 0.15) is 29.5 Å². The summed E-state index contributed by atoms with van der Waals surface area (Å²) >= 11 is 0. The van der Waals surface area contributed by atoms with Crippen molar-refractivity contribution >= 4 is 34.9 Å². The summed E-state index contributed by atoms with van der Waals surface area (Å²) in [5.41, 5.74) is 2.75. The second-order valence-electron chi connectivity index (χ2n) is 12.0. The molecule has 0 radical (unpaired) electrons. The Morgan fingerprint density at radius 3 is 2.31 bits per heavy atom. The van der Waals surface area contributed by atoms with Gasteiger partial charge >= 0.3 is 5.97 Å². The van der Waals surface area contributed by atoms with Gasteiger partial charge in [0.2, 0.25) is 5.78 Å². The van der Waals surface area contributed by atoms with Gasteiger partial charge in [0.05, 0.1) is 18.0 Å². The lowest BCUT2D eigenvalue weighted by Crippen LogP contribution is -2.65. The highest BCUT2D eigenvalue weighted by Gasteiger charge is 2.64. The van der Waals surface area contributed by atoms with Gasteiger partial charge in [-0.2, -0.15) is 0 Å². The molecular weight excluding hydrogens is 589 g/mol. The molecule has 0 heterocycles. The van der Waals surface area contributed by atoms with E-state index in [1.165, 1.54) is 31.1 Å². The minimum Gasteiger partial charge on any atom is -0.508 e. The first-order valence-electron chi connectivity index (χ1n) is 14.3. The predicted octanol–water partition coefficient (Wildman–Crippen LogP) is 1.71. The molecule has 2 aromatic carbocycles. The highest BCUT2D eigenvalue weighted by Crippen LogP contribution is 2.54. The zero-order valence-electron chi connectivity index (χ0n) is 25.1. The summed E-state index contributed by atoms with van der Waals surface area (Å²) in [4.78, 5) is 55.3. The number of likely N-dealkylation sites (N-methyl/N-ethyl adjacent to an activating group) is 1. The van der Waals surface area contributed by atoms with Gasteiger partial charge in [0, 0.05) is 31.3 Å². The number of phenolic OH excluding ortho intramolecular Hbond substituents is 1. The lowest BCUT2D eigenvalue weighted by Gasteiger charge is -2.50. The van der Waals surface area contributed by atoms with Crippen molar-refractivity contribution < 1.29 is 48.7 Å². The standard InChI is InChI=1S/C32H34FN3O9/c1-35(2)20-13-14(5-10-21(37)45-17-8-6-16(33)7-9-17)26(38)23-18(20)11-15-12-19-25(36(3)4)28(40)24(31(34)43)30(42)32(19,44)29(41)22(15)27(23)39/h6-9,13,15,19,25,38-39,42,44H,5,10-12H2,1-4H3,(H2,34,43)/t15-,19-,25-,32-/m0/s1.